The molecule has 94 valence electrons. The third-order valence-electron chi connectivity index (χ3n) is 3.55. The maximum atomic E-state index is 11.8. The molecule has 0 bridgehead atoms. The van der Waals surface area contributed by atoms with Gasteiger partial charge in [-0.25, -0.2) is 4.98 Å². The summed E-state index contributed by atoms with van der Waals surface area (Å²) in [6, 6.07) is 6.10. The van der Waals surface area contributed by atoms with Crippen molar-refractivity contribution in [1.29, 1.82) is 0 Å². The standard InChI is InChI=1S/C14H17N3O/c1-10(2)14(18)17-7-11(8-17)13-12-5-3-4-6-16(12)9-15-13/h3-6,9-11H,7-8H2,1-2H3. The van der Waals surface area contributed by atoms with Gasteiger partial charge in [0.1, 0.15) is 0 Å². The Morgan fingerprint density at radius 2 is 2.17 bits per heavy atom. The minimum atomic E-state index is 0.0877. The Morgan fingerprint density at radius 1 is 1.39 bits per heavy atom. The molecule has 0 radical (unpaired) electrons. The molecule has 4 nitrogen and oxygen atoms in total. The van der Waals surface area contributed by atoms with Crippen LogP contribution in [0.2, 0.25) is 0 Å². The second kappa shape index (κ2) is 4.12. The van der Waals surface area contributed by atoms with E-state index in [9.17, 15) is 4.79 Å². The highest BCUT2D eigenvalue weighted by atomic mass is 16.2. The number of aromatic nitrogens is 2. The first kappa shape index (κ1) is 11.3. The normalized spacial score (nSPS) is 16.3. The predicted molar refractivity (Wildman–Crippen MR) is 69.4 cm³/mol. The van der Waals surface area contributed by atoms with Gasteiger partial charge in [-0.3, -0.25) is 4.79 Å². The van der Waals surface area contributed by atoms with Crippen LogP contribution in [-0.4, -0.2) is 33.3 Å². The SMILES string of the molecule is CC(C)C(=O)N1CC(c2ncn3ccccc23)C1. The zero-order valence-electron chi connectivity index (χ0n) is 10.7. The van der Waals surface area contributed by atoms with E-state index in [4.69, 9.17) is 0 Å². The lowest BCUT2D eigenvalue weighted by molar-refractivity contribution is -0.139. The van der Waals surface area contributed by atoms with Gasteiger partial charge in [-0.1, -0.05) is 19.9 Å². The van der Waals surface area contributed by atoms with E-state index in [1.54, 1.807) is 0 Å². The largest absolute Gasteiger partial charge is 0.341 e. The lowest BCUT2D eigenvalue weighted by Crippen LogP contribution is -2.50. The van der Waals surface area contributed by atoms with E-state index in [1.165, 1.54) is 0 Å². The highest BCUT2D eigenvalue weighted by molar-refractivity contribution is 5.79. The van der Waals surface area contributed by atoms with Gasteiger partial charge in [0.15, 0.2) is 0 Å². The van der Waals surface area contributed by atoms with E-state index in [0.717, 1.165) is 24.3 Å². The average Bonchev–Trinajstić information content (AvgIpc) is 2.71. The monoisotopic (exact) mass is 243 g/mol. The highest BCUT2D eigenvalue weighted by Crippen LogP contribution is 2.29. The van der Waals surface area contributed by atoms with E-state index >= 15 is 0 Å². The Kier molecular flexibility index (Phi) is 2.58. The van der Waals surface area contributed by atoms with E-state index in [0.29, 0.717) is 5.92 Å². The van der Waals surface area contributed by atoms with Crippen molar-refractivity contribution < 1.29 is 4.79 Å². The van der Waals surface area contributed by atoms with Gasteiger partial charge in [0.25, 0.3) is 0 Å². The number of likely N-dealkylation sites (tertiary alicyclic amines) is 1. The lowest BCUT2D eigenvalue weighted by atomic mass is 9.94. The molecule has 0 aromatic carbocycles. The van der Waals surface area contributed by atoms with Crippen molar-refractivity contribution in [3.05, 3.63) is 36.4 Å². The van der Waals surface area contributed by atoms with Crippen LogP contribution < -0.4 is 0 Å². The molecule has 0 atom stereocenters. The van der Waals surface area contributed by atoms with Gasteiger partial charge in [-0.15, -0.1) is 0 Å². The maximum absolute atomic E-state index is 11.8. The first-order valence-corrected chi connectivity index (χ1v) is 6.37. The van der Waals surface area contributed by atoms with Crippen LogP contribution in [-0.2, 0) is 4.79 Å². The van der Waals surface area contributed by atoms with Gasteiger partial charge < -0.3 is 9.30 Å². The molecule has 0 spiro atoms. The molecule has 1 fully saturated rings. The predicted octanol–water partition coefficient (Wildman–Crippen LogP) is 1.92. The summed E-state index contributed by atoms with van der Waals surface area (Å²) in [7, 11) is 0. The number of imidazole rings is 1. The number of pyridine rings is 1. The van der Waals surface area contributed by atoms with Gasteiger partial charge in [0, 0.05) is 31.1 Å². The van der Waals surface area contributed by atoms with Crippen molar-refractivity contribution >= 4 is 11.4 Å². The topological polar surface area (TPSA) is 37.6 Å². The molecule has 3 rings (SSSR count). The molecule has 0 unspecified atom stereocenters. The van der Waals surface area contributed by atoms with Crippen LogP contribution in [0.5, 0.6) is 0 Å². The summed E-state index contributed by atoms with van der Waals surface area (Å²) in [5.41, 5.74) is 2.27. The van der Waals surface area contributed by atoms with E-state index < -0.39 is 0 Å². The van der Waals surface area contributed by atoms with E-state index in [-0.39, 0.29) is 11.8 Å². The van der Waals surface area contributed by atoms with Crippen molar-refractivity contribution in [1.82, 2.24) is 14.3 Å². The molecule has 1 amide bonds. The van der Waals surface area contributed by atoms with Gasteiger partial charge in [-0.2, -0.15) is 0 Å². The van der Waals surface area contributed by atoms with Crippen LogP contribution in [0, 0.1) is 5.92 Å². The fourth-order valence-electron chi connectivity index (χ4n) is 2.48. The molecule has 2 aromatic rings. The number of hydrogen-bond acceptors (Lipinski definition) is 2. The van der Waals surface area contributed by atoms with E-state index in [2.05, 4.69) is 11.1 Å². The molecule has 3 heterocycles. The Morgan fingerprint density at radius 3 is 2.89 bits per heavy atom. The summed E-state index contributed by atoms with van der Waals surface area (Å²) < 4.78 is 2.03. The molecule has 1 aliphatic rings. The van der Waals surface area contributed by atoms with E-state index in [1.807, 2.05) is 47.8 Å². The Bertz CT molecular complexity index is 581. The van der Waals surface area contributed by atoms with Crippen molar-refractivity contribution in [3.8, 4) is 0 Å². The molecule has 1 saturated heterocycles. The van der Waals surface area contributed by atoms with Crippen LogP contribution in [0.4, 0.5) is 0 Å². The zero-order chi connectivity index (χ0) is 12.7. The summed E-state index contributed by atoms with van der Waals surface area (Å²) in [5.74, 6) is 0.722. The van der Waals surface area contributed by atoms with Crippen molar-refractivity contribution in [2.75, 3.05) is 13.1 Å². The summed E-state index contributed by atoms with van der Waals surface area (Å²) in [6.45, 7) is 5.50. The van der Waals surface area contributed by atoms with Crippen LogP contribution in [0.1, 0.15) is 25.5 Å². The molecule has 1 aliphatic heterocycles. The van der Waals surface area contributed by atoms with Gasteiger partial charge in [-0.05, 0) is 12.1 Å². The Hall–Kier alpha value is -1.84. The molecule has 2 aromatic heterocycles. The van der Waals surface area contributed by atoms with Crippen LogP contribution in [0.25, 0.3) is 5.52 Å². The fraction of sp³-hybridized carbons (Fsp3) is 0.429. The Balaban J connectivity index is 1.77. The second-order valence-electron chi connectivity index (χ2n) is 5.22. The third kappa shape index (κ3) is 1.68. The second-order valence-corrected chi connectivity index (χ2v) is 5.22. The number of hydrogen-bond donors (Lipinski definition) is 0. The van der Waals surface area contributed by atoms with Crippen molar-refractivity contribution in [2.24, 2.45) is 5.92 Å². The van der Waals surface area contributed by atoms with Crippen LogP contribution in [0.15, 0.2) is 30.7 Å². The number of carbonyl (C=O) groups is 1. The summed E-state index contributed by atoms with van der Waals surface area (Å²) in [4.78, 5) is 18.2. The lowest BCUT2D eigenvalue weighted by Gasteiger charge is -2.39. The molecule has 0 N–H and O–H groups in total. The quantitative estimate of drug-likeness (QED) is 0.808. The molecule has 0 saturated carbocycles. The molecule has 0 aliphatic carbocycles. The number of rotatable bonds is 2. The third-order valence-corrected chi connectivity index (χ3v) is 3.55. The average molecular weight is 243 g/mol. The summed E-state index contributed by atoms with van der Waals surface area (Å²) in [6.07, 6.45) is 3.85. The summed E-state index contributed by atoms with van der Waals surface area (Å²) in [5, 5.41) is 0. The first-order valence-electron chi connectivity index (χ1n) is 6.37. The zero-order valence-corrected chi connectivity index (χ0v) is 10.7. The van der Waals surface area contributed by atoms with Gasteiger partial charge in [0.2, 0.25) is 5.91 Å². The van der Waals surface area contributed by atoms with Crippen LogP contribution in [0.3, 0.4) is 0 Å². The molecular weight excluding hydrogens is 226 g/mol. The van der Waals surface area contributed by atoms with Crippen molar-refractivity contribution in [3.63, 3.8) is 0 Å². The van der Waals surface area contributed by atoms with Gasteiger partial charge in [0.05, 0.1) is 17.5 Å². The minimum absolute atomic E-state index is 0.0877. The number of carbonyl (C=O) groups excluding carboxylic acids is 1. The first-order chi connectivity index (χ1) is 8.66. The fourth-order valence-corrected chi connectivity index (χ4v) is 2.48. The summed E-state index contributed by atoms with van der Waals surface area (Å²) >= 11 is 0. The molecular formula is C14H17N3O. The number of nitrogens with zero attached hydrogens (tertiary/aromatic N) is 3. The van der Waals surface area contributed by atoms with Crippen LogP contribution >= 0.6 is 0 Å². The molecule has 4 heteroatoms. The van der Waals surface area contributed by atoms with Crippen molar-refractivity contribution in [2.45, 2.75) is 19.8 Å². The van der Waals surface area contributed by atoms with Gasteiger partial charge >= 0.3 is 0 Å². The smallest absolute Gasteiger partial charge is 0.225 e. The Labute approximate surface area is 106 Å². The number of amides is 1. The minimum Gasteiger partial charge on any atom is -0.341 e. The maximum Gasteiger partial charge on any atom is 0.225 e. The number of fused-ring (bicyclic) bond motifs is 1. The molecule has 18 heavy (non-hydrogen) atoms. The highest BCUT2D eigenvalue weighted by Gasteiger charge is 2.34.